The van der Waals surface area contributed by atoms with Crippen molar-refractivity contribution in [2.24, 2.45) is 0 Å². The summed E-state index contributed by atoms with van der Waals surface area (Å²) in [5, 5.41) is 17.0. The molecule has 4 aromatic rings. The molecular weight excluding hydrogens is 448 g/mol. The Bertz CT molecular complexity index is 1360. The molecule has 0 bridgehead atoms. The van der Waals surface area contributed by atoms with Crippen LogP contribution in [0.3, 0.4) is 0 Å². The summed E-state index contributed by atoms with van der Waals surface area (Å²) in [5.74, 6) is 0.252. The Morgan fingerprint density at radius 1 is 1.12 bits per heavy atom. The maximum atomic E-state index is 12.5. The highest BCUT2D eigenvalue weighted by Crippen LogP contribution is 2.36. The standard InChI is InChI=1S/C25H24N6O2S/c1-16-12-17(6-9-26-16)14-28-24-27-10-7-20(30-24)21-15-34-22(29-21)18-4-3-5-19(13-18)25(33)8-11-31(2)23(25)32/h3-7,9-10,12-13,15,33H,8,11,14H2,1-2H3,(H,27,28,30). The van der Waals surface area contributed by atoms with Crippen LogP contribution in [0.5, 0.6) is 0 Å². The van der Waals surface area contributed by atoms with Gasteiger partial charge in [-0.2, -0.15) is 0 Å². The Hall–Kier alpha value is -3.69. The lowest BCUT2D eigenvalue weighted by Gasteiger charge is -2.21. The van der Waals surface area contributed by atoms with Crippen molar-refractivity contribution in [3.05, 3.63) is 77.1 Å². The van der Waals surface area contributed by atoms with Crippen molar-refractivity contribution in [3.8, 4) is 22.0 Å². The number of amides is 1. The van der Waals surface area contributed by atoms with Gasteiger partial charge in [0.25, 0.3) is 5.91 Å². The highest BCUT2D eigenvalue weighted by molar-refractivity contribution is 7.13. The molecule has 1 aliphatic rings. The molecule has 2 N–H and O–H groups in total. The SMILES string of the molecule is Cc1cc(CNc2nccc(-c3csc(-c4cccc(C5(O)CCN(C)C5=O)c4)n3)n2)ccn1. The first-order valence-electron chi connectivity index (χ1n) is 11.0. The molecule has 3 aromatic heterocycles. The van der Waals surface area contributed by atoms with Crippen LogP contribution in [-0.4, -0.2) is 49.4 Å². The van der Waals surface area contributed by atoms with E-state index >= 15 is 0 Å². The second-order valence-electron chi connectivity index (χ2n) is 8.38. The summed E-state index contributed by atoms with van der Waals surface area (Å²) in [6.07, 6.45) is 3.87. The van der Waals surface area contributed by atoms with Crippen LogP contribution in [0, 0.1) is 6.92 Å². The number of aryl methyl sites for hydroxylation is 1. The van der Waals surface area contributed by atoms with Gasteiger partial charge in [0.1, 0.15) is 10.7 Å². The van der Waals surface area contributed by atoms with Crippen molar-refractivity contribution in [1.29, 1.82) is 0 Å². The highest BCUT2D eigenvalue weighted by Gasteiger charge is 2.45. The number of hydrogen-bond donors (Lipinski definition) is 2. The van der Waals surface area contributed by atoms with Gasteiger partial charge >= 0.3 is 0 Å². The Morgan fingerprint density at radius 2 is 1.97 bits per heavy atom. The number of likely N-dealkylation sites (tertiary alicyclic amines) is 1. The van der Waals surface area contributed by atoms with E-state index in [1.54, 1.807) is 30.4 Å². The fourth-order valence-corrected chi connectivity index (χ4v) is 4.85. The van der Waals surface area contributed by atoms with Crippen molar-refractivity contribution in [3.63, 3.8) is 0 Å². The number of pyridine rings is 1. The number of likely N-dealkylation sites (N-methyl/N-ethyl adjacent to an activating group) is 1. The highest BCUT2D eigenvalue weighted by atomic mass is 32.1. The number of nitrogens with zero attached hydrogens (tertiary/aromatic N) is 5. The molecule has 34 heavy (non-hydrogen) atoms. The molecule has 1 aromatic carbocycles. The second-order valence-corrected chi connectivity index (χ2v) is 9.24. The minimum Gasteiger partial charge on any atom is -0.375 e. The second kappa shape index (κ2) is 8.92. The Morgan fingerprint density at radius 3 is 2.76 bits per heavy atom. The lowest BCUT2D eigenvalue weighted by Crippen LogP contribution is -2.36. The van der Waals surface area contributed by atoms with Gasteiger partial charge < -0.3 is 15.3 Å². The normalized spacial score (nSPS) is 17.9. The Balaban J connectivity index is 1.36. The van der Waals surface area contributed by atoms with Gasteiger partial charge in [-0.05, 0) is 42.3 Å². The molecular formula is C25H24N6O2S. The predicted molar refractivity (Wildman–Crippen MR) is 131 cm³/mol. The molecule has 1 saturated heterocycles. The van der Waals surface area contributed by atoms with Gasteiger partial charge in [0.15, 0.2) is 5.60 Å². The third-order valence-corrected chi connectivity index (χ3v) is 6.82. The zero-order valence-electron chi connectivity index (χ0n) is 18.9. The van der Waals surface area contributed by atoms with Crippen molar-refractivity contribution in [1.82, 2.24) is 24.8 Å². The van der Waals surface area contributed by atoms with Gasteiger partial charge in [-0.3, -0.25) is 9.78 Å². The van der Waals surface area contributed by atoms with E-state index in [-0.39, 0.29) is 5.91 Å². The summed E-state index contributed by atoms with van der Waals surface area (Å²) in [6, 6.07) is 13.2. The number of benzene rings is 1. The largest absolute Gasteiger partial charge is 0.375 e. The Kier molecular flexibility index (Phi) is 5.80. The van der Waals surface area contributed by atoms with Crippen LogP contribution in [0.25, 0.3) is 22.0 Å². The Labute approximate surface area is 201 Å². The first kappa shape index (κ1) is 22.1. The number of carbonyl (C=O) groups is 1. The summed E-state index contributed by atoms with van der Waals surface area (Å²) < 4.78 is 0. The molecule has 1 aliphatic heterocycles. The number of anilines is 1. The average molecular weight is 473 g/mol. The van der Waals surface area contributed by atoms with Crippen LogP contribution in [0.1, 0.15) is 23.2 Å². The quantitative estimate of drug-likeness (QED) is 0.442. The maximum absolute atomic E-state index is 12.5. The van der Waals surface area contributed by atoms with Crippen molar-refractivity contribution in [2.45, 2.75) is 25.5 Å². The number of nitrogens with one attached hydrogen (secondary N) is 1. The molecule has 5 rings (SSSR count). The van der Waals surface area contributed by atoms with E-state index in [1.165, 1.54) is 11.3 Å². The smallest absolute Gasteiger partial charge is 0.258 e. The molecule has 1 amide bonds. The number of aliphatic hydroxyl groups is 1. The molecule has 0 radical (unpaired) electrons. The third-order valence-electron chi connectivity index (χ3n) is 5.93. The zero-order chi connectivity index (χ0) is 23.7. The van der Waals surface area contributed by atoms with Crippen molar-refractivity contribution < 1.29 is 9.90 Å². The van der Waals surface area contributed by atoms with E-state index in [1.807, 2.05) is 48.7 Å². The molecule has 0 spiro atoms. The van der Waals surface area contributed by atoms with Crippen molar-refractivity contribution >= 4 is 23.2 Å². The van der Waals surface area contributed by atoms with Crippen LogP contribution in [0.2, 0.25) is 0 Å². The molecule has 1 fully saturated rings. The zero-order valence-corrected chi connectivity index (χ0v) is 19.7. The first-order chi connectivity index (χ1) is 16.4. The van der Waals surface area contributed by atoms with E-state index in [4.69, 9.17) is 4.98 Å². The number of aromatic nitrogens is 4. The van der Waals surface area contributed by atoms with Gasteiger partial charge in [0, 0.05) is 55.6 Å². The van der Waals surface area contributed by atoms with Gasteiger partial charge in [0.2, 0.25) is 5.95 Å². The van der Waals surface area contributed by atoms with Crippen LogP contribution < -0.4 is 5.32 Å². The number of thiazole rings is 1. The fourth-order valence-electron chi connectivity index (χ4n) is 4.04. The van der Waals surface area contributed by atoms with Crippen LogP contribution >= 0.6 is 11.3 Å². The minimum atomic E-state index is -1.48. The molecule has 9 heteroatoms. The number of hydrogen-bond acceptors (Lipinski definition) is 8. The van der Waals surface area contributed by atoms with E-state index in [0.717, 1.165) is 27.5 Å². The van der Waals surface area contributed by atoms with Gasteiger partial charge in [-0.15, -0.1) is 11.3 Å². The topological polar surface area (TPSA) is 104 Å². The molecule has 4 heterocycles. The van der Waals surface area contributed by atoms with Crippen LogP contribution in [0.15, 0.2) is 60.2 Å². The van der Waals surface area contributed by atoms with E-state index in [9.17, 15) is 9.90 Å². The van der Waals surface area contributed by atoms with Gasteiger partial charge in [-0.1, -0.05) is 18.2 Å². The number of carbonyl (C=O) groups excluding carboxylic acids is 1. The first-order valence-corrected chi connectivity index (χ1v) is 11.8. The molecule has 8 nitrogen and oxygen atoms in total. The lowest BCUT2D eigenvalue weighted by atomic mass is 9.91. The van der Waals surface area contributed by atoms with Gasteiger partial charge in [-0.25, -0.2) is 15.0 Å². The fraction of sp³-hybridized carbons (Fsp3) is 0.240. The summed E-state index contributed by atoms with van der Waals surface area (Å²) >= 11 is 1.49. The molecule has 1 atom stereocenters. The molecule has 0 saturated carbocycles. The van der Waals surface area contributed by atoms with Crippen molar-refractivity contribution in [2.75, 3.05) is 18.9 Å². The summed E-state index contributed by atoms with van der Waals surface area (Å²) in [6.45, 7) is 3.09. The lowest BCUT2D eigenvalue weighted by molar-refractivity contribution is -0.143. The maximum Gasteiger partial charge on any atom is 0.258 e. The minimum absolute atomic E-state index is 0.271. The summed E-state index contributed by atoms with van der Waals surface area (Å²) in [7, 11) is 1.71. The summed E-state index contributed by atoms with van der Waals surface area (Å²) in [4.78, 5) is 32.0. The predicted octanol–water partition coefficient (Wildman–Crippen LogP) is 3.63. The molecule has 0 aliphatic carbocycles. The average Bonchev–Trinajstić information content (AvgIpc) is 3.45. The van der Waals surface area contributed by atoms with Crippen LogP contribution in [0.4, 0.5) is 5.95 Å². The monoisotopic (exact) mass is 472 g/mol. The van der Waals surface area contributed by atoms with E-state index in [0.29, 0.717) is 36.7 Å². The third kappa shape index (κ3) is 4.27. The van der Waals surface area contributed by atoms with E-state index < -0.39 is 5.60 Å². The molecule has 1 unspecified atom stereocenters. The summed E-state index contributed by atoms with van der Waals surface area (Å²) in [5.41, 5.74) is 3.49. The number of rotatable bonds is 6. The molecule has 172 valence electrons. The van der Waals surface area contributed by atoms with E-state index in [2.05, 4.69) is 20.3 Å². The van der Waals surface area contributed by atoms with Gasteiger partial charge in [0.05, 0.1) is 5.69 Å². The van der Waals surface area contributed by atoms with Crippen LogP contribution in [-0.2, 0) is 16.9 Å².